The number of allylic oxidation sites excluding steroid dienone is 1. The van der Waals surface area contributed by atoms with Gasteiger partial charge in [0.05, 0.1) is 5.41 Å². The third-order valence-electron chi connectivity index (χ3n) is 9.45. The number of rotatable bonds is 33. The van der Waals surface area contributed by atoms with Crippen molar-refractivity contribution in [3.63, 3.8) is 0 Å². The summed E-state index contributed by atoms with van der Waals surface area (Å²) < 4.78 is 36.5. The second-order valence-electron chi connectivity index (χ2n) is 14.3. The fourth-order valence-corrected chi connectivity index (χ4v) is 6.07. The molecule has 0 radical (unpaired) electrons. The minimum absolute atomic E-state index is 0. The first kappa shape index (κ1) is 58.1. The molecule has 0 saturated carbocycles. The Morgan fingerprint density at radius 1 is 0.540 bits per heavy atom. The van der Waals surface area contributed by atoms with Crippen molar-refractivity contribution in [2.24, 2.45) is 5.41 Å². The summed E-state index contributed by atoms with van der Waals surface area (Å²) in [5, 5.41) is 9.57. The summed E-state index contributed by atoms with van der Waals surface area (Å²) in [6.45, 7) is 19.8. The van der Waals surface area contributed by atoms with Crippen molar-refractivity contribution in [1.82, 2.24) is 0 Å². The number of hydrogen-bond donors (Lipinski definition) is 1. The summed E-state index contributed by atoms with van der Waals surface area (Å²) in [4.78, 5) is 11.6. The quantitative estimate of drug-likeness (QED) is 0.0240. The van der Waals surface area contributed by atoms with Gasteiger partial charge in [0.2, 0.25) is 0 Å². The van der Waals surface area contributed by atoms with Crippen molar-refractivity contribution in [2.45, 2.75) is 240 Å². The van der Waals surface area contributed by atoms with Gasteiger partial charge in [-0.05, 0) is 45.4 Å². The zero-order chi connectivity index (χ0) is 37.9. The number of carbonyl (C=O) groups is 1. The van der Waals surface area contributed by atoms with Crippen LogP contribution < -0.4 is 0 Å². The molecule has 0 aromatic heterocycles. The van der Waals surface area contributed by atoms with Crippen molar-refractivity contribution < 1.29 is 33.0 Å². The van der Waals surface area contributed by atoms with Crippen LogP contribution in [0.3, 0.4) is 0 Å². The van der Waals surface area contributed by atoms with Crippen molar-refractivity contribution >= 4 is 13.5 Å². The molecule has 0 saturated heterocycles. The number of carboxylic acid groups (broad SMARTS) is 1. The Kier molecular flexibility index (Phi) is 57.9. The molecule has 0 aliphatic heterocycles. The van der Waals surface area contributed by atoms with Crippen LogP contribution in [0.4, 0.5) is 12.9 Å². The van der Waals surface area contributed by atoms with Gasteiger partial charge in [0.1, 0.15) is 0 Å². The van der Waals surface area contributed by atoms with Crippen LogP contribution in [0.15, 0.2) is 12.2 Å². The first-order valence-electron chi connectivity index (χ1n) is 20.6. The molecular weight excluding hydrogens is 636 g/mol. The molecule has 3 N–H and O–H groups in total. The molecule has 50 heavy (non-hydrogen) atoms. The topological polar surface area (TPSA) is 88.7 Å². The Hall–Kier alpha value is -1.24. The molecule has 0 amide bonds. The molecule has 0 aromatic rings. The van der Waals surface area contributed by atoms with Gasteiger partial charge in [0.25, 0.3) is 0 Å². The van der Waals surface area contributed by atoms with Gasteiger partial charge >= 0.3 is 24.8 Å². The van der Waals surface area contributed by atoms with E-state index in [2.05, 4.69) is 40.9 Å². The molecule has 0 heterocycles. The third-order valence-corrected chi connectivity index (χ3v) is 9.45. The maximum absolute atomic E-state index is 11.6. The molecular formula is C42H84BF3O4. The summed E-state index contributed by atoms with van der Waals surface area (Å²) in [5.74, 6) is -0.589. The minimum atomic E-state index is -3.67. The molecule has 1 atom stereocenters. The molecule has 4 nitrogen and oxygen atoms in total. The van der Waals surface area contributed by atoms with Gasteiger partial charge in [-0.15, -0.1) is 0 Å². The van der Waals surface area contributed by atoms with Gasteiger partial charge in [-0.1, -0.05) is 207 Å². The first-order chi connectivity index (χ1) is 23.6. The van der Waals surface area contributed by atoms with E-state index in [9.17, 15) is 22.8 Å². The number of aliphatic carboxylic acids is 1. The summed E-state index contributed by atoms with van der Waals surface area (Å²) in [6.07, 6.45) is 41.7. The van der Waals surface area contributed by atoms with E-state index >= 15 is 0 Å². The molecule has 0 aliphatic rings. The van der Waals surface area contributed by atoms with Gasteiger partial charge in [0, 0.05) is 0 Å². The van der Waals surface area contributed by atoms with Crippen LogP contribution in [0.5, 0.6) is 0 Å². The number of unbranched alkanes of at least 4 members (excludes halogenated alkanes) is 24. The molecule has 1 unspecified atom stereocenters. The van der Waals surface area contributed by atoms with Crippen LogP contribution in [0.2, 0.25) is 0 Å². The molecule has 8 heteroatoms. The monoisotopic (exact) mass is 721 g/mol. The standard InChI is InChI=1S/C21H42O2.C20H40.CO.BF3.H2O/c1-4-6-8-10-12-13-15-17-19-21(3,20(22)23)18-16-14-11-9-7-5-2;1-4-6-8-10-12-13-15-17-19-20(3)18-16-14-11-9-7-5-2;1-2;2-1(3)4;/h4-19H2,1-3H3,(H,22,23);3-19H2,1-2H3;;;1H2. The summed E-state index contributed by atoms with van der Waals surface area (Å²) in [7, 11) is -3.67. The molecule has 300 valence electrons. The van der Waals surface area contributed by atoms with E-state index in [1.165, 1.54) is 185 Å². The van der Waals surface area contributed by atoms with E-state index < -0.39 is 18.9 Å². The average molecular weight is 721 g/mol. The van der Waals surface area contributed by atoms with Crippen LogP contribution in [0.25, 0.3) is 0 Å². The van der Waals surface area contributed by atoms with E-state index in [0.717, 1.165) is 25.7 Å². The Bertz CT molecular complexity index is 676. The summed E-state index contributed by atoms with van der Waals surface area (Å²) >= 11 is 0. The normalized spacial score (nSPS) is 11.3. The molecule has 0 spiro atoms. The second-order valence-corrected chi connectivity index (χ2v) is 14.3. The van der Waals surface area contributed by atoms with Gasteiger partial charge in [-0.3, -0.25) is 17.7 Å². The number of hydrogen-bond acceptors (Lipinski definition) is 1. The zero-order valence-corrected chi connectivity index (χ0v) is 33.8. The second kappa shape index (κ2) is 49.9. The Morgan fingerprint density at radius 2 is 0.740 bits per heavy atom. The number of carboxylic acids is 1. The molecule has 0 rings (SSSR count). The van der Waals surface area contributed by atoms with Gasteiger partial charge in [-0.2, -0.15) is 0 Å². The Labute approximate surface area is 310 Å². The predicted molar refractivity (Wildman–Crippen MR) is 212 cm³/mol. The van der Waals surface area contributed by atoms with Crippen LogP contribution in [-0.2, 0) is 9.45 Å². The van der Waals surface area contributed by atoms with Crippen molar-refractivity contribution in [2.75, 3.05) is 0 Å². The van der Waals surface area contributed by atoms with Crippen LogP contribution in [0, 0.1) is 12.1 Å². The summed E-state index contributed by atoms with van der Waals surface area (Å²) in [6, 6.07) is 0. The predicted octanol–water partition coefficient (Wildman–Crippen LogP) is 15.2. The van der Waals surface area contributed by atoms with Gasteiger partial charge in [0.15, 0.2) is 0 Å². The Morgan fingerprint density at radius 3 is 0.960 bits per heavy atom. The van der Waals surface area contributed by atoms with Crippen molar-refractivity contribution in [3.05, 3.63) is 18.8 Å². The fraction of sp³-hybridized carbons (Fsp3) is 0.905. The van der Waals surface area contributed by atoms with Gasteiger partial charge in [-0.25, -0.2) is 0 Å². The van der Waals surface area contributed by atoms with Crippen LogP contribution >= 0.6 is 0 Å². The SMILES string of the molecule is C=C(CCCCCCCC)CCCCCCCCCC.CCCCCCCCCCC(C)(CCCCCCCC)C(=O)O.FB(F)F.O.[C-]#[O+]. The van der Waals surface area contributed by atoms with E-state index in [4.69, 9.17) is 4.65 Å². The zero-order valence-electron chi connectivity index (χ0n) is 33.8. The molecule has 0 aromatic carbocycles. The van der Waals surface area contributed by atoms with Crippen molar-refractivity contribution in [3.8, 4) is 0 Å². The molecule has 0 bridgehead atoms. The van der Waals surface area contributed by atoms with E-state index in [-0.39, 0.29) is 5.48 Å². The van der Waals surface area contributed by atoms with Crippen LogP contribution in [0.1, 0.15) is 240 Å². The number of halogens is 3. The maximum atomic E-state index is 11.6. The third kappa shape index (κ3) is 53.6. The van der Waals surface area contributed by atoms with E-state index in [1.54, 1.807) is 0 Å². The molecule has 0 fully saturated rings. The first-order valence-corrected chi connectivity index (χ1v) is 20.6. The van der Waals surface area contributed by atoms with Gasteiger partial charge < -0.3 is 10.6 Å². The summed E-state index contributed by atoms with van der Waals surface area (Å²) in [5.41, 5.74) is 1.01. The Balaban J connectivity index is -0.000000230. The van der Waals surface area contributed by atoms with E-state index in [1.807, 2.05) is 6.92 Å². The van der Waals surface area contributed by atoms with E-state index in [0.29, 0.717) is 0 Å². The average Bonchev–Trinajstić information content (AvgIpc) is 3.07. The van der Waals surface area contributed by atoms with Crippen molar-refractivity contribution in [1.29, 1.82) is 0 Å². The molecule has 0 aliphatic carbocycles. The fourth-order valence-electron chi connectivity index (χ4n) is 6.07. The van der Waals surface area contributed by atoms with Crippen LogP contribution in [-0.4, -0.2) is 24.1 Å².